The highest BCUT2D eigenvalue weighted by Crippen LogP contribution is 2.48. The normalized spacial score (nSPS) is 17.1. The van der Waals surface area contributed by atoms with Gasteiger partial charge in [0.1, 0.15) is 6.07 Å². The summed E-state index contributed by atoms with van der Waals surface area (Å²) in [7, 11) is 0. The maximum Gasteiger partial charge on any atom is 0.250 e. The van der Waals surface area contributed by atoms with E-state index in [2.05, 4.69) is 15.9 Å². The monoisotopic (exact) mass is 266 g/mol. The van der Waals surface area contributed by atoms with Crippen molar-refractivity contribution in [2.45, 2.75) is 19.4 Å². The van der Waals surface area contributed by atoms with E-state index in [4.69, 9.17) is 5.26 Å². The second kappa shape index (κ2) is 3.82. The molecular weight excluding hydrogens is 256 g/mol. The number of nitrogens with zero attached hydrogens (tertiary/aromatic N) is 2. The smallest absolute Gasteiger partial charge is 0.250 e. The number of aromatic nitrogens is 1. The molecule has 0 aliphatic heterocycles. The predicted molar refractivity (Wildman–Crippen MR) is 60.9 cm³/mol. The molecule has 0 bridgehead atoms. The number of hydrogen-bond donors (Lipinski definition) is 0. The minimum Gasteiger partial charge on any atom is -0.314 e. The van der Waals surface area contributed by atoms with E-state index in [1.807, 2.05) is 6.07 Å². The minimum absolute atomic E-state index is 0.0266. The molecule has 4 heteroatoms. The molecule has 78 valence electrons. The maximum atomic E-state index is 11.5. The van der Waals surface area contributed by atoms with Gasteiger partial charge in [-0.2, -0.15) is 5.26 Å². The van der Waals surface area contributed by atoms with Gasteiger partial charge in [0.05, 0.1) is 5.56 Å². The Morgan fingerprint density at radius 1 is 1.53 bits per heavy atom. The Morgan fingerprint density at radius 3 is 2.80 bits per heavy atom. The lowest BCUT2D eigenvalue weighted by atomic mass is 10.1. The summed E-state index contributed by atoms with van der Waals surface area (Å²) in [5.74, 6) is 0. The lowest BCUT2D eigenvalue weighted by molar-refractivity contribution is 0.465. The SMILES string of the molecule is N#Cc1ccc(=O)n(CC2(CBr)CC2)c1. The molecule has 1 aliphatic carbocycles. The average Bonchev–Trinajstić information content (AvgIpc) is 3.02. The van der Waals surface area contributed by atoms with Crippen molar-refractivity contribution >= 4 is 15.9 Å². The van der Waals surface area contributed by atoms with Crippen molar-refractivity contribution in [1.29, 1.82) is 5.26 Å². The lowest BCUT2D eigenvalue weighted by Crippen LogP contribution is -2.24. The number of nitriles is 1. The number of alkyl halides is 1. The van der Waals surface area contributed by atoms with Crippen molar-refractivity contribution in [3.05, 3.63) is 34.2 Å². The summed E-state index contributed by atoms with van der Waals surface area (Å²) in [4.78, 5) is 11.5. The van der Waals surface area contributed by atoms with E-state index in [-0.39, 0.29) is 11.0 Å². The van der Waals surface area contributed by atoms with E-state index in [1.165, 1.54) is 6.07 Å². The van der Waals surface area contributed by atoms with Crippen molar-refractivity contribution in [3.8, 4) is 6.07 Å². The summed E-state index contributed by atoms with van der Waals surface area (Å²) >= 11 is 3.47. The van der Waals surface area contributed by atoms with Gasteiger partial charge in [-0.1, -0.05) is 15.9 Å². The van der Waals surface area contributed by atoms with E-state index in [1.54, 1.807) is 16.8 Å². The highest BCUT2D eigenvalue weighted by molar-refractivity contribution is 9.09. The first-order valence-electron chi connectivity index (χ1n) is 4.86. The standard InChI is InChI=1S/C11H11BrN2O/c12-7-11(3-4-11)8-14-6-9(5-13)1-2-10(14)15/h1-2,6H,3-4,7-8H2. The summed E-state index contributed by atoms with van der Waals surface area (Å²) in [5.41, 5.74) is 0.763. The van der Waals surface area contributed by atoms with Gasteiger partial charge in [0.25, 0.3) is 5.56 Å². The van der Waals surface area contributed by atoms with Crippen LogP contribution in [0.25, 0.3) is 0 Å². The van der Waals surface area contributed by atoms with E-state index in [9.17, 15) is 4.79 Å². The van der Waals surface area contributed by atoms with Crippen LogP contribution in [0, 0.1) is 16.7 Å². The molecule has 0 radical (unpaired) electrons. The zero-order chi connectivity index (χ0) is 10.9. The molecule has 0 N–H and O–H groups in total. The van der Waals surface area contributed by atoms with Crippen molar-refractivity contribution < 1.29 is 0 Å². The van der Waals surface area contributed by atoms with E-state index in [0.717, 1.165) is 18.2 Å². The largest absolute Gasteiger partial charge is 0.314 e. The van der Waals surface area contributed by atoms with Crippen LogP contribution in [0.2, 0.25) is 0 Å². The fraction of sp³-hybridized carbons (Fsp3) is 0.455. The third-order valence-electron chi connectivity index (χ3n) is 2.86. The molecule has 1 saturated carbocycles. The third-order valence-corrected chi connectivity index (χ3v) is 4.05. The molecule has 1 aromatic heterocycles. The van der Waals surface area contributed by atoms with Gasteiger partial charge < -0.3 is 4.57 Å². The molecule has 1 fully saturated rings. The van der Waals surface area contributed by atoms with Crippen LogP contribution < -0.4 is 5.56 Å². The first kappa shape index (κ1) is 10.4. The van der Waals surface area contributed by atoms with Gasteiger partial charge in [0.2, 0.25) is 0 Å². The second-order valence-electron chi connectivity index (χ2n) is 4.13. The Kier molecular flexibility index (Phi) is 2.66. The van der Waals surface area contributed by atoms with Crippen LogP contribution in [0.5, 0.6) is 0 Å². The van der Waals surface area contributed by atoms with Gasteiger partial charge in [-0.15, -0.1) is 0 Å². The summed E-state index contributed by atoms with van der Waals surface area (Å²) in [6.07, 6.45) is 3.95. The van der Waals surface area contributed by atoms with Crippen molar-refractivity contribution in [2.24, 2.45) is 5.41 Å². The molecule has 0 unspecified atom stereocenters. The van der Waals surface area contributed by atoms with Gasteiger partial charge in [0.15, 0.2) is 0 Å². The Labute approximate surface area is 96.5 Å². The molecular formula is C11H11BrN2O. The van der Waals surface area contributed by atoms with Crippen LogP contribution in [0.3, 0.4) is 0 Å². The summed E-state index contributed by atoms with van der Waals surface area (Å²) in [5, 5.41) is 9.67. The second-order valence-corrected chi connectivity index (χ2v) is 4.69. The molecule has 0 spiro atoms. The van der Waals surface area contributed by atoms with E-state index >= 15 is 0 Å². The Bertz CT molecular complexity index is 468. The Morgan fingerprint density at radius 2 is 2.27 bits per heavy atom. The molecule has 1 aromatic rings. The average molecular weight is 267 g/mol. The fourth-order valence-electron chi connectivity index (χ4n) is 1.59. The molecule has 1 aliphatic rings. The van der Waals surface area contributed by atoms with Gasteiger partial charge in [-0.3, -0.25) is 4.79 Å². The number of rotatable bonds is 3. The summed E-state index contributed by atoms with van der Waals surface area (Å²) < 4.78 is 1.65. The maximum absolute atomic E-state index is 11.5. The molecule has 1 heterocycles. The zero-order valence-electron chi connectivity index (χ0n) is 8.24. The minimum atomic E-state index is -0.0266. The molecule has 0 aromatic carbocycles. The third kappa shape index (κ3) is 2.13. The fourth-order valence-corrected chi connectivity index (χ4v) is 2.33. The highest BCUT2D eigenvalue weighted by Gasteiger charge is 2.41. The van der Waals surface area contributed by atoms with Gasteiger partial charge in [0, 0.05) is 24.1 Å². The molecule has 0 saturated heterocycles. The molecule has 3 nitrogen and oxygen atoms in total. The molecule has 15 heavy (non-hydrogen) atoms. The quantitative estimate of drug-likeness (QED) is 0.785. The van der Waals surface area contributed by atoms with Gasteiger partial charge in [-0.05, 0) is 24.3 Å². The van der Waals surface area contributed by atoms with E-state index < -0.39 is 0 Å². The molecule has 0 atom stereocenters. The predicted octanol–water partition coefficient (Wildman–Crippen LogP) is 1.90. The Hall–Kier alpha value is -1.08. The topological polar surface area (TPSA) is 45.8 Å². The summed E-state index contributed by atoms with van der Waals surface area (Å²) in [6, 6.07) is 5.07. The van der Waals surface area contributed by atoms with Crippen molar-refractivity contribution in [1.82, 2.24) is 4.57 Å². The van der Waals surface area contributed by atoms with Crippen LogP contribution >= 0.6 is 15.9 Å². The first-order valence-corrected chi connectivity index (χ1v) is 5.98. The van der Waals surface area contributed by atoms with Crippen molar-refractivity contribution in [2.75, 3.05) is 5.33 Å². The van der Waals surface area contributed by atoms with Gasteiger partial charge >= 0.3 is 0 Å². The first-order chi connectivity index (χ1) is 7.19. The summed E-state index contributed by atoms with van der Waals surface area (Å²) in [6.45, 7) is 0.715. The van der Waals surface area contributed by atoms with Crippen LogP contribution in [0.4, 0.5) is 0 Å². The van der Waals surface area contributed by atoms with Crippen LogP contribution in [0.1, 0.15) is 18.4 Å². The van der Waals surface area contributed by atoms with Crippen LogP contribution in [-0.2, 0) is 6.54 Å². The number of pyridine rings is 1. The lowest BCUT2D eigenvalue weighted by Gasteiger charge is -2.13. The number of halogens is 1. The highest BCUT2D eigenvalue weighted by atomic mass is 79.9. The molecule has 2 rings (SSSR count). The number of hydrogen-bond acceptors (Lipinski definition) is 2. The van der Waals surface area contributed by atoms with Crippen LogP contribution in [-0.4, -0.2) is 9.90 Å². The van der Waals surface area contributed by atoms with Gasteiger partial charge in [-0.25, -0.2) is 0 Å². The van der Waals surface area contributed by atoms with E-state index in [0.29, 0.717) is 12.1 Å². The zero-order valence-corrected chi connectivity index (χ0v) is 9.83. The molecule has 0 amide bonds. The van der Waals surface area contributed by atoms with Crippen molar-refractivity contribution in [3.63, 3.8) is 0 Å². The Balaban J connectivity index is 2.28. The van der Waals surface area contributed by atoms with Crippen LogP contribution in [0.15, 0.2) is 23.1 Å².